The van der Waals surface area contributed by atoms with Crippen molar-refractivity contribution in [3.63, 3.8) is 0 Å². The Kier molecular flexibility index (Phi) is 3.37. The molecular weight excluding hydrogens is 184 g/mol. The molecule has 1 saturated carbocycles. The Labute approximate surface area is 92.3 Å². The van der Waals surface area contributed by atoms with Crippen LogP contribution in [0.1, 0.15) is 37.2 Å². The van der Waals surface area contributed by atoms with Gasteiger partial charge in [-0.2, -0.15) is 0 Å². The number of hydrogen-bond acceptors (Lipinski definition) is 2. The smallest absolute Gasteiger partial charge is 0.0302 e. The van der Waals surface area contributed by atoms with Gasteiger partial charge in [0.05, 0.1) is 0 Å². The van der Waals surface area contributed by atoms with E-state index < -0.39 is 0 Å². The van der Waals surface area contributed by atoms with E-state index in [0.29, 0.717) is 0 Å². The summed E-state index contributed by atoms with van der Waals surface area (Å²) in [4.78, 5) is 6.56. The van der Waals surface area contributed by atoms with Crippen LogP contribution in [0.5, 0.6) is 0 Å². The lowest BCUT2D eigenvalue weighted by Crippen LogP contribution is -2.31. The third-order valence-corrected chi connectivity index (χ3v) is 3.58. The molecule has 1 aromatic rings. The van der Waals surface area contributed by atoms with E-state index in [2.05, 4.69) is 30.0 Å². The first kappa shape index (κ1) is 10.6. The molecular formula is C13H20N2. The van der Waals surface area contributed by atoms with E-state index in [1.54, 1.807) is 0 Å². The van der Waals surface area contributed by atoms with Crippen molar-refractivity contribution in [1.29, 1.82) is 0 Å². The molecule has 0 aliphatic heterocycles. The zero-order valence-electron chi connectivity index (χ0n) is 9.69. The predicted octanol–water partition coefficient (Wildman–Crippen LogP) is 2.67. The largest absolute Gasteiger partial charge is 0.306 e. The Hall–Kier alpha value is -0.890. The Balaban J connectivity index is 1.94. The topological polar surface area (TPSA) is 16.1 Å². The molecule has 0 amide bonds. The lowest BCUT2D eigenvalue weighted by atomic mass is 9.82. The maximum absolute atomic E-state index is 4.20. The Morgan fingerprint density at radius 3 is 2.47 bits per heavy atom. The molecule has 1 aliphatic rings. The summed E-state index contributed by atoms with van der Waals surface area (Å²) in [5.74, 6) is 0.745. The van der Waals surface area contributed by atoms with Crippen molar-refractivity contribution in [1.82, 2.24) is 9.88 Å². The molecule has 1 aromatic heterocycles. The van der Waals surface area contributed by atoms with Gasteiger partial charge in [-0.15, -0.1) is 0 Å². The molecule has 2 heteroatoms. The van der Waals surface area contributed by atoms with Crippen LogP contribution in [0.2, 0.25) is 0 Å². The molecule has 0 unspecified atom stereocenters. The maximum Gasteiger partial charge on any atom is 0.0302 e. The summed E-state index contributed by atoms with van der Waals surface area (Å²) < 4.78 is 0. The zero-order chi connectivity index (χ0) is 10.7. The summed E-state index contributed by atoms with van der Waals surface area (Å²) in [7, 11) is 4.38. The van der Waals surface area contributed by atoms with Crippen LogP contribution < -0.4 is 0 Å². The molecule has 0 saturated heterocycles. The van der Waals surface area contributed by atoms with Crippen LogP contribution in [-0.2, 0) is 0 Å². The number of pyridine rings is 1. The average Bonchev–Trinajstić information content (AvgIpc) is 2.30. The van der Waals surface area contributed by atoms with E-state index in [1.165, 1.54) is 31.2 Å². The van der Waals surface area contributed by atoms with E-state index in [0.717, 1.165) is 12.0 Å². The molecule has 2 nitrogen and oxygen atoms in total. The van der Waals surface area contributed by atoms with Crippen molar-refractivity contribution >= 4 is 0 Å². The third kappa shape index (κ3) is 2.57. The predicted molar refractivity (Wildman–Crippen MR) is 62.9 cm³/mol. The van der Waals surface area contributed by atoms with Crippen LogP contribution in [0, 0.1) is 0 Å². The van der Waals surface area contributed by atoms with Gasteiger partial charge in [0.2, 0.25) is 0 Å². The summed E-state index contributed by atoms with van der Waals surface area (Å²) in [5.41, 5.74) is 1.43. The van der Waals surface area contributed by atoms with Gasteiger partial charge in [0.15, 0.2) is 0 Å². The molecule has 1 heterocycles. The van der Waals surface area contributed by atoms with Crippen LogP contribution in [0.15, 0.2) is 24.5 Å². The highest BCUT2D eigenvalue weighted by Crippen LogP contribution is 2.33. The summed E-state index contributed by atoms with van der Waals surface area (Å²) in [5, 5.41) is 0. The van der Waals surface area contributed by atoms with Gasteiger partial charge in [-0.05, 0) is 57.3 Å². The minimum Gasteiger partial charge on any atom is -0.306 e. The van der Waals surface area contributed by atoms with E-state index in [4.69, 9.17) is 0 Å². The van der Waals surface area contributed by atoms with Crippen LogP contribution in [0.3, 0.4) is 0 Å². The van der Waals surface area contributed by atoms with Gasteiger partial charge in [-0.3, -0.25) is 4.98 Å². The minimum absolute atomic E-state index is 0.745. The maximum atomic E-state index is 4.20. The molecule has 0 N–H and O–H groups in total. The third-order valence-electron chi connectivity index (χ3n) is 3.58. The highest BCUT2D eigenvalue weighted by molar-refractivity contribution is 5.15. The van der Waals surface area contributed by atoms with Crippen molar-refractivity contribution in [3.8, 4) is 0 Å². The highest BCUT2D eigenvalue weighted by Gasteiger charge is 2.23. The second-order valence-electron chi connectivity index (χ2n) is 4.76. The minimum atomic E-state index is 0.745. The first-order valence-corrected chi connectivity index (χ1v) is 5.83. The second-order valence-corrected chi connectivity index (χ2v) is 4.76. The average molecular weight is 204 g/mol. The van der Waals surface area contributed by atoms with Gasteiger partial charge < -0.3 is 4.90 Å². The van der Waals surface area contributed by atoms with Crippen molar-refractivity contribution in [2.24, 2.45) is 0 Å². The van der Waals surface area contributed by atoms with Gasteiger partial charge in [-0.1, -0.05) is 6.07 Å². The number of aromatic nitrogens is 1. The Morgan fingerprint density at radius 2 is 1.93 bits per heavy atom. The summed E-state index contributed by atoms with van der Waals surface area (Å²) in [6.45, 7) is 0. The van der Waals surface area contributed by atoms with Crippen LogP contribution in [0.4, 0.5) is 0 Å². The normalized spacial score (nSPS) is 26.9. The van der Waals surface area contributed by atoms with E-state index in [9.17, 15) is 0 Å². The summed E-state index contributed by atoms with van der Waals surface area (Å²) >= 11 is 0. The fourth-order valence-corrected chi connectivity index (χ4v) is 2.54. The second kappa shape index (κ2) is 4.75. The molecule has 0 bridgehead atoms. The van der Waals surface area contributed by atoms with Crippen molar-refractivity contribution in [2.75, 3.05) is 14.1 Å². The Bertz CT molecular complexity index is 287. The Morgan fingerprint density at radius 1 is 1.20 bits per heavy atom. The molecule has 1 fully saturated rings. The first-order valence-electron chi connectivity index (χ1n) is 5.83. The number of nitrogens with zero attached hydrogens (tertiary/aromatic N) is 2. The van der Waals surface area contributed by atoms with E-state index in [1.807, 2.05) is 18.5 Å². The van der Waals surface area contributed by atoms with Crippen molar-refractivity contribution < 1.29 is 0 Å². The molecule has 0 atom stereocenters. The molecule has 15 heavy (non-hydrogen) atoms. The summed E-state index contributed by atoms with van der Waals surface area (Å²) in [6, 6.07) is 5.05. The van der Waals surface area contributed by atoms with Gasteiger partial charge in [0.1, 0.15) is 0 Å². The first-order chi connectivity index (χ1) is 7.27. The highest BCUT2D eigenvalue weighted by atomic mass is 15.1. The lowest BCUT2D eigenvalue weighted by molar-refractivity contribution is 0.216. The zero-order valence-corrected chi connectivity index (χ0v) is 9.69. The standard InChI is InChI=1S/C13H20N2/c1-15(2)13-7-5-11(6-8-13)12-4-3-9-14-10-12/h3-4,9-11,13H,5-8H2,1-2H3. The molecule has 0 radical (unpaired) electrons. The van der Waals surface area contributed by atoms with Gasteiger partial charge >= 0.3 is 0 Å². The van der Waals surface area contributed by atoms with Gasteiger partial charge in [-0.25, -0.2) is 0 Å². The number of rotatable bonds is 2. The number of hydrogen-bond donors (Lipinski definition) is 0. The lowest BCUT2D eigenvalue weighted by Gasteiger charge is -2.32. The monoisotopic (exact) mass is 204 g/mol. The molecule has 1 aliphatic carbocycles. The van der Waals surface area contributed by atoms with Crippen LogP contribution in [0.25, 0.3) is 0 Å². The molecule has 82 valence electrons. The van der Waals surface area contributed by atoms with Crippen molar-refractivity contribution in [2.45, 2.75) is 37.6 Å². The van der Waals surface area contributed by atoms with Crippen LogP contribution >= 0.6 is 0 Å². The quantitative estimate of drug-likeness (QED) is 0.736. The summed E-state index contributed by atoms with van der Waals surface area (Å²) in [6.07, 6.45) is 9.16. The molecule has 2 rings (SSSR count). The van der Waals surface area contributed by atoms with E-state index >= 15 is 0 Å². The van der Waals surface area contributed by atoms with Crippen LogP contribution in [-0.4, -0.2) is 30.0 Å². The molecule has 0 aromatic carbocycles. The fourth-order valence-electron chi connectivity index (χ4n) is 2.54. The van der Waals surface area contributed by atoms with Gasteiger partial charge in [0.25, 0.3) is 0 Å². The SMILES string of the molecule is CN(C)C1CCC(c2cccnc2)CC1. The molecule has 0 spiro atoms. The van der Waals surface area contributed by atoms with Crippen molar-refractivity contribution in [3.05, 3.63) is 30.1 Å². The fraction of sp³-hybridized carbons (Fsp3) is 0.615. The van der Waals surface area contributed by atoms with Gasteiger partial charge in [0, 0.05) is 18.4 Å². The van der Waals surface area contributed by atoms with E-state index in [-0.39, 0.29) is 0 Å².